The maximum Gasteiger partial charge on any atom is 0.164 e. The summed E-state index contributed by atoms with van der Waals surface area (Å²) < 4.78 is 9.07. The van der Waals surface area contributed by atoms with Crippen LogP contribution in [0.3, 0.4) is 0 Å². The summed E-state index contributed by atoms with van der Waals surface area (Å²) in [5, 5.41) is 6.55. The summed E-state index contributed by atoms with van der Waals surface area (Å²) in [5.74, 6) is 1.85. The Kier molecular flexibility index (Phi) is 5.81. The van der Waals surface area contributed by atoms with Gasteiger partial charge in [0.1, 0.15) is 11.2 Å². The van der Waals surface area contributed by atoms with Crippen LogP contribution in [0.1, 0.15) is 0 Å². The van der Waals surface area contributed by atoms with E-state index in [9.17, 15) is 0 Å². The van der Waals surface area contributed by atoms with Gasteiger partial charge in [-0.1, -0.05) is 121 Å². The van der Waals surface area contributed by atoms with Gasteiger partial charge in [0.2, 0.25) is 0 Å². The lowest BCUT2D eigenvalue weighted by Crippen LogP contribution is -2.00. The molecule has 0 saturated heterocycles. The van der Waals surface area contributed by atoms with Crippen LogP contribution in [-0.4, -0.2) is 19.5 Å². The maximum absolute atomic E-state index is 6.72. The van der Waals surface area contributed by atoms with Crippen molar-refractivity contribution < 1.29 is 4.42 Å². The molecule has 5 nitrogen and oxygen atoms in total. The third-order valence-electron chi connectivity index (χ3n) is 9.22. The van der Waals surface area contributed by atoms with Crippen LogP contribution in [0.5, 0.6) is 0 Å². The molecule has 0 bridgehead atoms. The van der Waals surface area contributed by atoms with Crippen molar-refractivity contribution in [3.63, 3.8) is 0 Å². The monoisotopic (exact) mass is 614 g/mol. The molecule has 0 saturated carbocycles. The number of rotatable bonds is 4. The lowest BCUT2D eigenvalue weighted by Gasteiger charge is -2.11. The highest BCUT2D eigenvalue weighted by Crippen LogP contribution is 2.42. The quantitative estimate of drug-likeness (QED) is 0.198. The second-order valence-corrected chi connectivity index (χ2v) is 12.0. The molecule has 10 rings (SSSR count). The van der Waals surface area contributed by atoms with Gasteiger partial charge >= 0.3 is 0 Å². The molecule has 0 aliphatic heterocycles. The Labute approximate surface area is 275 Å². The predicted octanol–water partition coefficient (Wildman–Crippen LogP) is 11.0. The second-order valence-electron chi connectivity index (χ2n) is 12.0. The van der Waals surface area contributed by atoms with Gasteiger partial charge in [-0.2, -0.15) is 0 Å². The molecule has 48 heavy (non-hydrogen) atoms. The van der Waals surface area contributed by atoms with Gasteiger partial charge in [-0.25, -0.2) is 15.0 Å². The van der Waals surface area contributed by atoms with Crippen molar-refractivity contribution in [3.05, 3.63) is 158 Å². The highest BCUT2D eigenvalue weighted by Gasteiger charge is 2.21. The van der Waals surface area contributed by atoms with Gasteiger partial charge in [-0.3, -0.25) is 0 Å². The Hall–Kier alpha value is -6.59. The molecule has 0 unspecified atom stereocenters. The third-order valence-corrected chi connectivity index (χ3v) is 9.22. The number of aromatic nitrogens is 4. The number of benzene rings is 7. The second kappa shape index (κ2) is 10.5. The minimum Gasteiger partial charge on any atom is -0.455 e. The minimum absolute atomic E-state index is 0.600. The summed E-state index contributed by atoms with van der Waals surface area (Å²) in [6, 6.07) is 54.4. The molecule has 5 heteroatoms. The van der Waals surface area contributed by atoms with Crippen molar-refractivity contribution in [1.29, 1.82) is 0 Å². The first-order valence-electron chi connectivity index (χ1n) is 16.0. The van der Waals surface area contributed by atoms with Crippen molar-refractivity contribution in [1.82, 2.24) is 19.5 Å². The number of hydrogen-bond donors (Lipinski definition) is 0. The Morgan fingerprint density at radius 1 is 0.438 bits per heavy atom. The number of furan rings is 1. The van der Waals surface area contributed by atoms with Gasteiger partial charge in [0.15, 0.2) is 17.5 Å². The van der Waals surface area contributed by atoms with Crippen LogP contribution >= 0.6 is 0 Å². The molecule has 3 aromatic heterocycles. The fourth-order valence-electron chi connectivity index (χ4n) is 7.05. The van der Waals surface area contributed by atoms with E-state index in [1.54, 1.807) is 0 Å². The maximum atomic E-state index is 6.72. The van der Waals surface area contributed by atoms with Crippen LogP contribution in [0.4, 0.5) is 0 Å². The van der Waals surface area contributed by atoms with E-state index in [4.69, 9.17) is 19.4 Å². The molecule has 0 spiro atoms. The Morgan fingerprint density at radius 2 is 0.979 bits per heavy atom. The molecule has 0 aliphatic carbocycles. The van der Waals surface area contributed by atoms with Crippen LogP contribution in [0.15, 0.2) is 162 Å². The van der Waals surface area contributed by atoms with Gasteiger partial charge < -0.3 is 8.98 Å². The molecular weight excluding hydrogens is 589 g/mol. The molecule has 0 N–H and O–H groups in total. The molecule has 7 aromatic carbocycles. The Morgan fingerprint density at radius 3 is 1.62 bits per heavy atom. The van der Waals surface area contributed by atoms with Crippen molar-refractivity contribution >= 4 is 54.5 Å². The van der Waals surface area contributed by atoms with Crippen LogP contribution in [0.25, 0.3) is 94.4 Å². The first kappa shape index (κ1) is 26.6. The summed E-state index contributed by atoms with van der Waals surface area (Å²) in [6.07, 6.45) is 0. The van der Waals surface area contributed by atoms with Gasteiger partial charge in [-0.15, -0.1) is 0 Å². The van der Waals surface area contributed by atoms with E-state index in [-0.39, 0.29) is 0 Å². The standard InChI is InChI=1S/C43H26N4O/c1-3-13-27(14-4-1)41-44-42(28-15-5-2-6-16-28)46-43(45-41)35-25-29-17-7-8-18-31(29)40-39(35)34-26-30(23-24-38(34)48-40)47-36-21-11-9-19-32(36)33-20-10-12-22-37(33)47/h1-26H. The van der Waals surface area contributed by atoms with Crippen LogP contribution in [0.2, 0.25) is 0 Å². The number of fused-ring (bicyclic) bond motifs is 8. The van der Waals surface area contributed by atoms with Crippen LogP contribution in [0, 0.1) is 0 Å². The number of nitrogens with zero attached hydrogens (tertiary/aromatic N) is 4. The van der Waals surface area contributed by atoms with Gasteiger partial charge in [0.25, 0.3) is 0 Å². The van der Waals surface area contributed by atoms with E-state index >= 15 is 0 Å². The van der Waals surface area contributed by atoms with Gasteiger partial charge in [0, 0.05) is 49.3 Å². The lowest BCUT2D eigenvalue weighted by molar-refractivity contribution is 0.672. The van der Waals surface area contributed by atoms with E-state index in [2.05, 4.69) is 102 Å². The fraction of sp³-hybridized carbons (Fsp3) is 0. The Balaban J connectivity index is 1.30. The van der Waals surface area contributed by atoms with Crippen LogP contribution < -0.4 is 0 Å². The first-order valence-corrected chi connectivity index (χ1v) is 16.0. The average molecular weight is 615 g/mol. The average Bonchev–Trinajstić information content (AvgIpc) is 3.71. The molecule has 0 atom stereocenters. The van der Waals surface area contributed by atoms with E-state index < -0.39 is 0 Å². The summed E-state index contributed by atoms with van der Waals surface area (Å²) >= 11 is 0. The zero-order valence-corrected chi connectivity index (χ0v) is 25.7. The third kappa shape index (κ3) is 4.08. The highest BCUT2D eigenvalue weighted by atomic mass is 16.3. The predicted molar refractivity (Wildman–Crippen MR) is 195 cm³/mol. The van der Waals surface area contributed by atoms with Gasteiger partial charge in [-0.05, 0) is 41.8 Å². The van der Waals surface area contributed by atoms with E-state index in [0.717, 1.165) is 66.1 Å². The minimum atomic E-state index is 0.600. The molecule has 10 aromatic rings. The molecule has 224 valence electrons. The summed E-state index contributed by atoms with van der Waals surface area (Å²) in [6.45, 7) is 0. The van der Waals surface area contributed by atoms with Crippen molar-refractivity contribution in [2.75, 3.05) is 0 Å². The zero-order chi connectivity index (χ0) is 31.6. The van der Waals surface area contributed by atoms with E-state index in [1.807, 2.05) is 60.7 Å². The SMILES string of the molecule is c1ccc(-c2nc(-c3ccccc3)nc(-c3cc4ccccc4c4oc5ccc(-n6c7ccccc7c7ccccc76)cc5c34)n2)cc1. The summed E-state index contributed by atoms with van der Waals surface area (Å²) in [4.78, 5) is 15.2. The van der Waals surface area contributed by atoms with Gasteiger partial charge in [0.05, 0.1) is 11.0 Å². The number of para-hydroxylation sites is 2. The highest BCUT2D eigenvalue weighted by molar-refractivity contribution is 6.21. The zero-order valence-electron chi connectivity index (χ0n) is 25.7. The number of hydrogen-bond acceptors (Lipinski definition) is 4. The smallest absolute Gasteiger partial charge is 0.164 e. The van der Waals surface area contributed by atoms with Crippen LogP contribution in [-0.2, 0) is 0 Å². The Bertz CT molecular complexity index is 2720. The summed E-state index contributed by atoms with van der Waals surface area (Å²) in [5.41, 5.74) is 7.78. The molecule has 0 radical (unpaired) electrons. The molecule has 3 heterocycles. The lowest BCUT2D eigenvalue weighted by atomic mass is 9.99. The molecular formula is C43H26N4O. The largest absolute Gasteiger partial charge is 0.455 e. The topological polar surface area (TPSA) is 56.7 Å². The molecule has 0 aliphatic rings. The normalized spacial score (nSPS) is 11.8. The van der Waals surface area contributed by atoms with Crippen molar-refractivity contribution in [3.8, 4) is 39.9 Å². The summed E-state index contributed by atoms with van der Waals surface area (Å²) in [7, 11) is 0. The fourth-order valence-corrected chi connectivity index (χ4v) is 7.05. The molecule has 0 fully saturated rings. The first-order chi connectivity index (χ1) is 23.8. The van der Waals surface area contributed by atoms with E-state index in [0.29, 0.717) is 17.5 Å². The van der Waals surface area contributed by atoms with Crippen molar-refractivity contribution in [2.24, 2.45) is 0 Å². The molecule has 0 amide bonds. The van der Waals surface area contributed by atoms with E-state index in [1.165, 1.54) is 10.8 Å². The van der Waals surface area contributed by atoms with Crippen molar-refractivity contribution in [2.45, 2.75) is 0 Å².